The molecule has 2 rings (SSSR count). The molecule has 4 heteroatoms. The Balaban J connectivity index is 2.08. The van der Waals surface area contributed by atoms with Gasteiger partial charge < -0.3 is 16.2 Å². The molecule has 0 aliphatic heterocycles. The topological polar surface area (TPSA) is 71.2 Å². The largest absolute Gasteiger partial charge is 0.508 e. The molecule has 0 radical (unpaired) electrons. The van der Waals surface area contributed by atoms with Crippen molar-refractivity contribution in [3.05, 3.63) is 48.2 Å². The molecule has 2 aromatic rings. The number of rotatable bonds is 3. The third-order valence-electron chi connectivity index (χ3n) is 2.23. The average molecular weight is 215 g/mol. The quantitative estimate of drug-likeness (QED) is 0.541. The van der Waals surface area contributed by atoms with E-state index >= 15 is 0 Å². The normalized spacial score (nSPS) is 10.0. The van der Waals surface area contributed by atoms with Gasteiger partial charge in [-0.2, -0.15) is 0 Å². The second-order valence-corrected chi connectivity index (χ2v) is 3.46. The Morgan fingerprint density at radius 3 is 2.88 bits per heavy atom. The second-order valence-electron chi connectivity index (χ2n) is 3.46. The molecule has 0 aliphatic carbocycles. The maximum Gasteiger partial charge on any atom is 0.126 e. The number of phenols is 1. The first kappa shape index (κ1) is 10.3. The van der Waals surface area contributed by atoms with Crippen LogP contribution in [0.4, 0.5) is 11.5 Å². The summed E-state index contributed by atoms with van der Waals surface area (Å²) >= 11 is 0. The highest BCUT2D eigenvalue weighted by Gasteiger charge is 2.01. The van der Waals surface area contributed by atoms with E-state index in [1.54, 1.807) is 24.4 Å². The summed E-state index contributed by atoms with van der Waals surface area (Å²) in [4.78, 5) is 4.12. The number of nitrogens with two attached hydrogens (primary N) is 1. The van der Waals surface area contributed by atoms with Gasteiger partial charge in [0.2, 0.25) is 0 Å². The van der Waals surface area contributed by atoms with E-state index < -0.39 is 0 Å². The van der Waals surface area contributed by atoms with Crippen LogP contribution in [-0.2, 0) is 6.54 Å². The fourth-order valence-electron chi connectivity index (χ4n) is 1.40. The van der Waals surface area contributed by atoms with Gasteiger partial charge in [0.05, 0.1) is 0 Å². The lowest BCUT2D eigenvalue weighted by Crippen LogP contribution is -2.01. The Labute approximate surface area is 93.8 Å². The molecule has 4 nitrogen and oxygen atoms in total. The number of nitrogens with one attached hydrogen (secondary N) is 1. The van der Waals surface area contributed by atoms with Crippen LogP contribution in [0.15, 0.2) is 42.6 Å². The third kappa shape index (κ3) is 2.42. The van der Waals surface area contributed by atoms with Gasteiger partial charge in [0.25, 0.3) is 0 Å². The third-order valence-corrected chi connectivity index (χ3v) is 2.23. The van der Waals surface area contributed by atoms with Crippen LogP contribution in [0.5, 0.6) is 5.75 Å². The molecule has 0 spiro atoms. The predicted molar refractivity (Wildman–Crippen MR) is 64.1 cm³/mol. The van der Waals surface area contributed by atoms with Crippen molar-refractivity contribution in [1.29, 1.82) is 0 Å². The van der Waals surface area contributed by atoms with Crippen molar-refractivity contribution >= 4 is 11.5 Å². The van der Waals surface area contributed by atoms with Gasteiger partial charge in [0, 0.05) is 24.0 Å². The molecule has 1 heterocycles. The first-order chi connectivity index (χ1) is 7.75. The van der Waals surface area contributed by atoms with E-state index in [2.05, 4.69) is 10.3 Å². The molecule has 0 atom stereocenters. The lowest BCUT2D eigenvalue weighted by atomic mass is 10.2. The van der Waals surface area contributed by atoms with E-state index in [0.29, 0.717) is 12.2 Å². The molecule has 82 valence electrons. The molecule has 1 aromatic heterocycles. The van der Waals surface area contributed by atoms with Gasteiger partial charge >= 0.3 is 0 Å². The van der Waals surface area contributed by atoms with Gasteiger partial charge in [0.1, 0.15) is 11.6 Å². The Bertz CT molecular complexity index is 471. The standard InChI is InChI=1S/C12H13N3O/c13-10-4-5-11(16)9(7-10)8-15-12-3-1-2-6-14-12/h1-7,16H,8,13H2,(H,14,15). The zero-order valence-electron chi connectivity index (χ0n) is 8.72. The molecule has 0 fully saturated rings. The number of aromatic hydroxyl groups is 1. The number of phenolic OH excluding ortho intramolecular Hbond substituents is 1. The lowest BCUT2D eigenvalue weighted by molar-refractivity contribution is 0.469. The summed E-state index contributed by atoms with van der Waals surface area (Å²) in [7, 11) is 0. The average Bonchev–Trinajstić information content (AvgIpc) is 2.32. The highest BCUT2D eigenvalue weighted by atomic mass is 16.3. The summed E-state index contributed by atoms with van der Waals surface area (Å²) in [6, 6.07) is 10.6. The predicted octanol–water partition coefficient (Wildman–Crippen LogP) is 1.98. The van der Waals surface area contributed by atoms with E-state index in [0.717, 1.165) is 11.4 Å². The number of hydrogen-bond acceptors (Lipinski definition) is 4. The molecule has 0 aliphatic rings. The van der Waals surface area contributed by atoms with Crippen molar-refractivity contribution in [2.45, 2.75) is 6.54 Å². The molecule has 0 bridgehead atoms. The highest BCUT2D eigenvalue weighted by molar-refractivity contribution is 5.48. The molecular weight excluding hydrogens is 202 g/mol. The Morgan fingerprint density at radius 1 is 1.25 bits per heavy atom. The molecule has 0 unspecified atom stereocenters. The number of aromatic nitrogens is 1. The minimum absolute atomic E-state index is 0.234. The summed E-state index contributed by atoms with van der Waals surface area (Å²) in [6.07, 6.45) is 1.71. The zero-order chi connectivity index (χ0) is 11.4. The van der Waals surface area contributed by atoms with Crippen molar-refractivity contribution in [3.8, 4) is 5.75 Å². The number of pyridine rings is 1. The van der Waals surface area contributed by atoms with Gasteiger partial charge in [-0.1, -0.05) is 6.07 Å². The van der Waals surface area contributed by atoms with Crippen LogP contribution in [0.2, 0.25) is 0 Å². The van der Waals surface area contributed by atoms with Gasteiger partial charge in [-0.05, 0) is 30.3 Å². The maximum atomic E-state index is 9.60. The van der Waals surface area contributed by atoms with Crippen LogP contribution in [0.25, 0.3) is 0 Å². The van der Waals surface area contributed by atoms with Gasteiger partial charge in [0.15, 0.2) is 0 Å². The SMILES string of the molecule is Nc1ccc(O)c(CNc2ccccn2)c1. The van der Waals surface area contributed by atoms with E-state index in [4.69, 9.17) is 5.73 Å². The van der Waals surface area contributed by atoms with Crippen LogP contribution < -0.4 is 11.1 Å². The van der Waals surface area contributed by atoms with E-state index in [9.17, 15) is 5.11 Å². The second kappa shape index (κ2) is 4.53. The van der Waals surface area contributed by atoms with Crippen molar-refractivity contribution in [2.24, 2.45) is 0 Å². The Hall–Kier alpha value is -2.23. The molecule has 0 saturated heterocycles. The molecule has 4 N–H and O–H groups in total. The smallest absolute Gasteiger partial charge is 0.126 e. The number of hydrogen-bond donors (Lipinski definition) is 3. The minimum Gasteiger partial charge on any atom is -0.508 e. The first-order valence-corrected chi connectivity index (χ1v) is 4.98. The summed E-state index contributed by atoms with van der Waals surface area (Å²) < 4.78 is 0. The van der Waals surface area contributed by atoms with Crippen LogP contribution in [-0.4, -0.2) is 10.1 Å². The lowest BCUT2D eigenvalue weighted by Gasteiger charge is -2.07. The Morgan fingerprint density at radius 2 is 2.12 bits per heavy atom. The molecular formula is C12H13N3O. The maximum absolute atomic E-state index is 9.60. The van der Waals surface area contributed by atoms with Gasteiger partial charge in [-0.15, -0.1) is 0 Å². The van der Waals surface area contributed by atoms with E-state index in [-0.39, 0.29) is 5.75 Å². The van der Waals surface area contributed by atoms with Crippen LogP contribution in [0, 0.1) is 0 Å². The van der Waals surface area contributed by atoms with Gasteiger partial charge in [-0.25, -0.2) is 4.98 Å². The molecule has 1 aromatic carbocycles. The monoisotopic (exact) mass is 215 g/mol. The van der Waals surface area contributed by atoms with Crippen molar-refractivity contribution in [3.63, 3.8) is 0 Å². The summed E-state index contributed by atoms with van der Waals surface area (Å²) in [5.74, 6) is 1.00. The van der Waals surface area contributed by atoms with Crippen molar-refractivity contribution in [2.75, 3.05) is 11.1 Å². The van der Waals surface area contributed by atoms with Crippen molar-refractivity contribution in [1.82, 2.24) is 4.98 Å². The van der Waals surface area contributed by atoms with Crippen molar-refractivity contribution < 1.29 is 5.11 Å². The van der Waals surface area contributed by atoms with Gasteiger partial charge in [-0.3, -0.25) is 0 Å². The van der Waals surface area contributed by atoms with E-state index in [1.807, 2.05) is 18.2 Å². The fraction of sp³-hybridized carbons (Fsp3) is 0.0833. The van der Waals surface area contributed by atoms with Crippen LogP contribution >= 0.6 is 0 Å². The molecule has 0 amide bonds. The van der Waals surface area contributed by atoms with Crippen LogP contribution in [0.1, 0.15) is 5.56 Å². The summed E-state index contributed by atoms with van der Waals surface area (Å²) in [6.45, 7) is 0.494. The number of anilines is 2. The first-order valence-electron chi connectivity index (χ1n) is 4.98. The zero-order valence-corrected chi connectivity index (χ0v) is 8.72. The minimum atomic E-state index is 0.234. The fourth-order valence-corrected chi connectivity index (χ4v) is 1.40. The molecule has 0 saturated carbocycles. The number of nitrogen functional groups attached to an aromatic ring is 1. The summed E-state index contributed by atoms with van der Waals surface area (Å²) in [5, 5.41) is 12.7. The van der Waals surface area contributed by atoms with E-state index in [1.165, 1.54) is 0 Å². The highest BCUT2D eigenvalue weighted by Crippen LogP contribution is 2.20. The number of benzene rings is 1. The molecule has 16 heavy (non-hydrogen) atoms. The van der Waals surface area contributed by atoms with Crippen LogP contribution in [0.3, 0.4) is 0 Å². The number of nitrogens with zero attached hydrogens (tertiary/aromatic N) is 1. The Kier molecular flexibility index (Phi) is 2.91. The summed E-state index contributed by atoms with van der Waals surface area (Å²) in [5.41, 5.74) is 7.03.